The number of carbonyl (C=O) groups is 4. The number of Topliss-reactive ketones (excluding diaryl/α,β-unsaturated/α-hetero) is 1. The Morgan fingerprint density at radius 1 is 1.07 bits per heavy atom. The van der Waals surface area contributed by atoms with E-state index in [-0.39, 0.29) is 25.9 Å². The maximum Gasteiger partial charge on any atom is 0.407 e. The minimum Gasteiger partial charge on any atom is -0.467 e. The first-order valence-electron chi connectivity index (χ1n) is 9.85. The van der Waals surface area contributed by atoms with Gasteiger partial charge < -0.3 is 24.9 Å². The predicted octanol–water partition coefficient (Wildman–Crippen LogP) is 1.40. The monoisotopic (exact) mass is 429 g/mol. The number of amides is 2. The first-order chi connectivity index (χ1) is 13.6. The fourth-order valence-corrected chi connectivity index (χ4v) is 3.98. The van der Waals surface area contributed by atoms with Gasteiger partial charge in [-0.1, -0.05) is 6.92 Å². The molecule has 10 heteroatoms. The van der Waals surface area contributed by atoms with Crippen molar-refractivity contribution in [2.24, 2.45) is 5.41 Å². The Kier molecular flexibility index (Phi) is 7.65. The number of piperidine rings is 1. The van der Waals surface area contributed by atoms with E-state index in [4.69, 9.17) is 9.47 Å². The van der Waals surface area contributed by atoms with Gasteiger partial charge in [0, 0.05) is 36.9 Å². The molecule has 30 heavy (non-hydrogen) atoms. The molecule has 0 radical (unpaired) electrons. The normalized spacial score (nSPS) is 22.4. The number of hydrogen-bond acceptors (Lipinski definition) is 8. The van der Waals surface area contributed by atoms with Crippen LogP contribution in [0.5, 0.6) is 0 Å². The van der Waals surface area contributed by atoms with Crippen molar-refractivity contribution in [2.45, 2.75) is 78.0 Å². The summed E-state index contributed by atoms with van der Waals surface area (Å²) in [5, 5.41) is 12.1. The molecule has 0 spiro atoms. The molecule has 0 aromatic rings. The van der Waals surface area contributed by atoms with E-state index in [1.54, 1.807) is 41.5 Å². The molecule has 0 saturated carbocycles. The molecule has 10 nitrogen and oxygen atoms in total. The lowest BCUT2D eigenvalue weighted by molar-refractivity contribution is -0.190. The van der Waals surface area contributed by atoms with Crippen LogP contribution < -0.4 is 10.8 Å². The highest BCUT2D eigenvalue weighted by atomic mass is 16.6. The van der Waals surface area contributed by atoms with Gasteiger partial charge in [-0.15, -0.1) is 0 Å². The van der Waals surface area contributed by atoms with Gasteiger partial charge in [0.15, 0.2) is 5.78 Å². The lowest BCUT2D eigenvalue weighted by Crippen LogP contribution is -2.78. The number of likely N-dealkylation sites (tertiary alicyclic amines) is 1. The van der Waals surface area contributed by atoms with Crippen molar-refractivity contribution in [3.63, 3.8) is 0 Å². The summed E-state index contributed by atoms with van der Waals surface area (Å²) in [6, 6.07) is 0. The van der Waals surface area contributed by atoms with Crippen LogP contribution in [-0.2, 0) is 23.9 Å². The summed E-state index contributed by atoms with van der Waals surface area (Å²) in [6.07, 6.45) is -0.964. The topological polar surface area (TPSA) is 134 Å². The molecule has 1 saturated heterocycles. The molecule has 0 aromatic heterocycles. The predicted molar refractivity (Wildman–Crippen MR) is 108 cm³/mol. The fraction of sp³-hybridized carbons (Fsp3) is 0.800. The molecule has 0 bridgehead atoms. The molecule has 172 valence electrons. The van der Waals surface area contributed by atoms with E-state index in [1.807, 2.05) is 5.48 Å². The van der Waals surface area contributed by atoms with Crippen LogP contribution in [0.3, 0.4) is 0 Å². The zero-order valence-corrected chi connectivity index (χ0v) is 19.2. The van der Waals surface area contributed by atoms with Crippen molar-refractivity contribution in [3.8, 4) is 0 Å². The van der Waals surface area contributed by atoms with E-state index < -0.39 is 45.8 Å². The number of ether oxygens (including phenoxy) is 2. The van der Waals surface area contributed by atoms with Gasteiger partial charge in [-0.05, 0) is 41.5 Å². The lowest BCUT2D eigenvalue weighted by atomic mass is 9.63. The van der Waals surface area contributed by atoms with E-state index in [1.165, 1.54) is 11.8 Å². The molecule has 0 unspecified atom stereocenters. The van der Waals surface area contributed by atoms with Crippen molar-refractivity contribution < 1.29 is 33.9 Å². The Labute approximate surface area is 177 Å². The summed E-state index contributed by atoms with van der Waals surface area (Å²) < 4.78 is 10.3. The Balaban J connectivity index is 3.61. The Morgan fingerprint density at radius 2 is 1.63 bits per heavy atom. The van der Waals surface area contributed by atoms with Crippen LogP contribution in [0.2, 0.25) is 0 Å². The number of hydroxylamine groups is 1. The zero-order valence-electron chi connectivity index (χ0n) is 19.2. The Bertz CT molecular complexity index is 685. The molecule has 2 atom stereocenters. The highest BCUT2D eigenvalue weighted by molar-refractivity contribution is 6.15. The van der Waals surface area contributed by atoms with E-state index in [2.05, 4.69) is 5.32 Å². The van der Waals surface area contributed by atoms with Gasteiger partial charge in [-0.2, -0.15) is 0 Å². The fourth-order valence-electron chi connectivity index (χ4n) is 3.98. The number of rotatable bonds is 6. The van der Waals surface area contributed by atoms with E-state index >= 15 is 0 Å². The number of hydrogen-bond donors (Lipinski definition) is 3. The van der Waals surface area contributed by atoms with Gasteiger partial charge in [-0.25, -0.2) is 15.1 Å². The molecule has 1 aliphatic rings. The molecule has 1 heterocycles. The van der Waals surface area contributed by atoms with Crippen LogP contribution in [0.4, 0.5) is 4.79 Å². The van der Waals surface area contributed by atoms with Crippen molar-refractivity contribution in [2.75, 3.05) is 20.2 Å². The number of alkyl carbamates (subject to hydrolysis) is 1. The van der Waals surface area contributed by atoms with Gasteiger partial charge in [0.05, 0.1) is 7.11 Å². The average molecular weight is 430 g/mol. The number of ketones is 1. The maximum absolute atomic E-state index is 13.4. The number of nitrogens with one attached hydrogen (secondary N) is 2. The average Bonchev–Trinajstić information content (AvgIpc) is 2.58. The van der Waals surface area contributed by atoms with Crippen LogP contribution in [0, 0.1) is 5.41 Å². The second-order valence-electron chi connectivity index (χ2n) is 9.78. The largest absolute Gasteiger partial charge is 0.467 e. The quantitative estimate of drug-likeness (QED) is 0.328. The summed E-state index contributed by atoms with van der Waals surface area (Å²) in [5.74, 6) is -1.85. The number of carbonyl (C=O) groups excluding carboxylic acids is 4. The molecular weight excluding hydrogens is 394 g/mol. The van der Waals surface area contributed by atoms with Gasteiger partial charge in [0.1, 0.15) is 5.60 Å². The van der Waals surface area contributed by atoms with Crippen LogP contribution in [0.15, 0.2) is 0 Å². The zero-order chi connectivity index (χ0) is 23.5. The van der Waals surface area contributed by atoms with E-state index in [0.29, 0.717) is 0 Å². The van der Waals surface area contributed by atoms with Crippen LogP contribution >= 0.6 is 0 Å². The standard InChI is InChI=1S/C20H35N3O7/c1-17(2,3)23-14(25)10-9-13(24)20(23,15(26)29-8)19(7,12-22-28)11-21-16(27)30-18(4,5)6/h22,28H,9-12H2,1-8H3,(H,21,27)/t19-,20+/m1/s1. The summed E-state index contributed by atoms with van der Waals surface area (Å²) in [4.78, 5) is 53.0. The third-order valence-corrected chi connectivity index (χ3v) is 5.07. The smallest absolute Gasteiger partial charge is 0.407 e. The summed E-state index contributed by atoms with van der Waals surface area (Å²) in [7, 11) is 1.13. The molecule has 0 aromatic carbocycles. The molecule has 0 aliphatic carbocycles. The third kappa shape index (κ3) is 4.92. The first-order valence-corrected chi connectivity index (χ1v) is 9.85. The molecular formula is C20H35N3O7. The number of methoxy groups -OCH3 is 1. The van der Waals surface area contributed by atoms with Gasteiger partial charge in [-0.3, -0.25) is 9.59 Å². The van der Waals surface area contributed by atoms with Crippen molar-refractivity contribution >= 4 is 23.8 Å². The molecule has 1 fully saturated rings. The SMILES string of the molecule is COC(=O)[C@]1([C@@](C)(CNO)CNC(=O)OC(C)(C)C)C(=O)CCC(=O)N1C(C)(C)C. The van der Waals surface area contributed by atoms with Crippen molar-refractivity contribution in [1.82, 2.24) is 15.7 Å². The van der Waals surface area contributed by atoms with Crippen molar-refractivity contribution in [1.29, 1.82) is 0 Å². The van der Waals surface area contributed by atoms with Gasteiger partial charge in [0.25, 0.3) is 0 Å². The van der Waals surface area contributed by atoms with E-state index in [9.17, 15) is 24.4 Å². The highest BCUT2D eigenvalue weighted by Gasteiger charge is 2.68. The van der Waals surface area contributed by atoms with Crippen LogP contribution in [0.25, 0.3) is 0 Å². The van der Waals surface area contributed by atoms with Gasteiger partial charge >= 0.3 is 12.1 Å². The Hall–Kier alpha value is -2.20. The summed E-state index contributed by atoms with van der Waals surface area (Å²) >= 11 is 0. The lowest BCUT2D eigenvalue weighted by Gasteiger charge is -2.57. The molecule has 1 rings (SSSR count). The minimum absolute atomic E-state index is 0.0447. The first kappa shape index (κ1) is 25.8. The summed E-state index contributed by atoms with van der Waals surface area (Å²) in [5.41, 5.74) is -3.22. The molecule has 1 aliphatic heterocycles. The van der Waals surface area contributed by atoms with Gasteiger partial charge in [0.2, 0.25) is 11.4 Å². The molecule has 3 N–H and O–H groups in total. The van der Waals surface area contributed by atoms with Crippen LogP contribution in [-0.4, -0.2) is 70.7 Å². The second kappa shape index (κ2) is 8.89. The van der Waals surface area contributed by atoms with Crippen LogP contribution in [0.1, 0.15) is 61.3 Å². The van der Waals surface area contributed by atoms with E-state index in [0.717, 1.165) is 7.11 Å². The number of esters is 1. The highest BCUT2D eigenvalue weighted by Crippen LogP contribution is 2.45. The second-order valence-corrected chi connectivity index (χ2v) is 9.78. The van der Waals surface area contributed by atoms with Crippen molar-refractivity contribution in [3.05, 3.63) is 0 Å². The summed E-state index contributed by atoms with van der Waals surface area (Å²) in [6.45, 7) is 11.2. The number of nitrogens with zero attached hydrogens (tertiary/aromatic N) is 1. The third-order valence-electron chi connectivity index (χ3n) is 5.07. The Morgan fingerprint density at radius 3 is 2.07 bits per heavy atom. The maximum atomic E-state index is 13.4. The molecule has 2 amide bonds. The minimum atomic E-state index is -2.07.